The zero-order valence-corrected chi connectivity index (χ0v) is 19.6. The van der Waals surface area contributed by atoms with Crippen LogP contribution < -0.4 is 10.6 Å². The second-order valence-corrected chi connectivity index (χ2v) is 10.1. The van der Waals surface area contributed by atoms with E-state index >= 15 is 0 Å². The van der Waals surface area contributed by atoms with Crippen LogP contribution in [0, 0.1) is 18.8 Å². The quantitative estimate of drug-likeness (QED) is 0.757. The minimum absolute atomic E-state index is 0.170. The number of rotatable bonds is 5. The molecule has 3 heterocycles. The van der Waals surface area contributed by atoms with Gasteiger partial charge in [-0.1, -0.05) is 12.1 Å². The molecule has 2 aliphatic heterocycles. The Bertz CT molecular complexity index is 1030. The van der Waals surface area contributed by atoms with Gasteiger partial charge in [-0.2, -0.15) is 9.78 Å². The largest absolute Gasteiger partial charge is 0.371 e. The molecule has 1 saturated carbocycles. The molecule has 3 aliphatic rings. The van der Waals surface area contributed by atoms with E-state index in [1.807, 2.05) is 4.90 Å². The van der Waals surface area contributed by atoms with Gasteiger partial charge in [0.05, 0.1) is 11.8 Å². The van der Waals surface area contributed by atoms with Gasteiger partial charge in [-0.25, -0.2) is 4.79 Å². The van der Waals surface area contributed by atoms with Crippen LogP contribution in [0.1, 0.15) is 47.2 Å². The van der Waals surface area contributed by atoms with Gasteiger partial charge in [0, 0.05) is 50.6 Å². The summed E-state index contributed by atoms with van der Waals surface area (Å²) in [6, 6.07) is 7.29. The maximum atomic E-state index is 12.8. The Hall–Kier alpha value is -2.87. The summed E-state index contributed by atoms with van der Waals surface area (Å²) in [4.78, 5) is 31.0. The zero-order chi connectivity index (χ0) is 23.1. The lowest BCUT2D eigenvalue weighted by Gasteiger charge is -2.27. The predicted molar refractivity (Wildman–Crippen MR) is 127 cm³/mol. The average molecular weight is 451 g/mol. The molecule has 8 nitrogen and oxygen atoms in total. The summed E-state index contributed by atoms with van der Waals surface area (Å²) in [6.07, 6.45) is 7.58. The van der Waals surface area contributed by atoms with Crippen molar-refractivity contribution in [3.05, 3.63) is 47.3 Å². The lowest BCUT2D eigenvalue weighted by molar-refractivity contribution is 0.100. The number of benzene rings is 1. The second-order valence-electron chi connectivity index (χ2n) is 10.1. The van der Waals surface area contributed by atoms with Crippen LogP contribution >= 0.6 is 0 Å². The fourth-order valence-electron chi connectivity index (χ4n) is 5.95. The van der Waals surface area contributed by atoms with Gasteiger partial charge in [-0.15, -0.1) is 0 Å². The van der Waals surface area contributed by atoms with Crippen molar-refractivity contribution in [1.82, 2.24) is 19.6 Å². The maximum absolute atomic E-state index is 12.8. The fourth-order valence-corrected chi connectivity index (χ4v) is 5.95. The molecule has 1 aliphatic carbocycles. The molecule has 1 aromatic carbocycles. The number of aromatic nitrogens is 2. The maximum Gasteiger partial charge on any atom is 0.344 e. The molecule has 0 spiro atoms. The van der Waals surface area contributed by atoms with E-state index in [2.05, 4.69) is 47.1 Å². The predicted octanol–water partition coefficient (Wildman–Crippen LogP) is 2.70. The van der Waals surface area contributed by atoms with E-state index in [-0.39, 0.29) is 11.6 Å². The van der Waals surface area contributed by atoms with Crippen LogP contribution in [0.5, 0.6) is 0 Å². The zero-order valence-electron chi connectivity index (χ0n) is 19.6. The van der Waals surface area contributed by atoms with Gasteiger partial charge < -0.3 is 15.5 Å². The number of aryl methyl sites for hydroxylation is 1. The minimum atomic E-state index is -0.570. The van der Waals surface area contributed by atoms with Crippen LogP contribution in [0.25, 0.3) is 0 Å². The highest BCUT2D eigenvalue weighted by Crippen LogP contribution is 2.40. The molecule has 2 amide bonds. The Labute approximate surface area is 195 Å². The Balaban J connectivity index is 1.17. The normalized spacial score (nSPS) is 24.6. The Kier molecular flexibility index (Phi) is 5.86. The number of fused-ring (bicyclic) bond motifs is 1. The first-order chi connectivity index (χ1) is 15.9. The van der Waals surface area contributed by atoms with Gasteiger partial charge in [0.2, 0.25) is 0 Å². The number of hydrogen-bond acceptors (Lipinski definition) is 5. The highest BCUT2D eigenvalue weighted by Gasteiger charge is 2.43. The minimum Gasteiger partial charge on any atom is -0.371 e. The van der Waals surface area contributed by atoms with Gasteiger partial charge in [-0.3, -0.25) is 9.69 Å². The van der Waals surface area contributed by atoms with Gasteiger partial charge in [0.25, 0.3) is 5.91 Å². The summed E-state index contributed by atoms with van der Waals surface area (Å²) < 4.78 is 1.24. The molecule has 3 fully saturated rings. The summed E-state index contributed by atoms with van der Waals surface area (Å²) in [6.45, 7) is 7.02. The molecule has 3 atom stereocenters. The molecular weight excluding hydrogens is 416 g/mol. The van der Waals surface area contributed by atoms with Crippen molar-refractivity contribution in [3.63, 3.8) is 0 Å². The first-order valence-electron chi connectivity index (χ1n) is 12.1. The van der Waals surface area contributed by atoms with E-state index in [9.17, 15) is 9.59 Å². The van der Waals surface area contributed by atoms with Crippen molar-refractivity contribution in [2.75, 3.05) is 38.1 Å². The number of carbonyl (C=O) groups is 2. The number of amides is 2. The van der Waals surface area contributed by atoms with Crippen LogP contribution in [0.2, 0.25) is 0 Å². The Morgan fingerprint density at radius 1 is 1.15 bits per heavy atom. The van der Waals surface area contributed by atoms with E-state index in [1.54, 1.807) is 0 Å². The summed E-state index contributed by atoms with van der Waals surface area (Å²) >= 11 is 0. The monoisotopic (exact) mass is 450 g/mol. The molecule has 1 unspecified atom stereocenters. The summed E-state index contributed by atoms with van der Waals surface area (Å²) in [7, 11) is 2.24. The standard InChI is InChI=1S/C25H34N6O2/c1-17-5-6-18(9-23(17)29-7-3-4-8-29)13-28(2)22-10-19-14-30(15-20(19)11-22)25(33)31-16-21(12-27-31)24(26)32/h5-6,9,12,16,19-20,22H,3-4,7-8,10-11,13-15H2,1-2H3,(H2,26,32)/t19-,20+,22?. The number of likely N-dealkylation sites (tertiary alicyclic amines) is 1. The number of anilines is 1. The van der Waals surface area contributed by atoms with E-state index in [0.29, 0.717) is 17.9 Å². The molecular formula is C25H34N6O2. The van der Waals surface area contributed by atoms with Gasteiger partial charge in [0.15, 0.2) is 0 Å². The SMILES string of the molecule is Cc1ccc(CN(C)C2C[C@@H]3CN(C(=O)n4cc(C(N)=O)cn4)C[C@@H]3C2)cc1N1CCCC1. The molecule has 0 bridgehead atoms. The first kappa shape index (κ1) is 21.9. The fraction of sp³-hybridized carbons (Fsp3) is 0.560. The van der Waals surface area contributed by atoms with Gasteiger partial charge in [-0.05, 0) is 68.7 Å². The van der Waals surface area contributed by atoms with E-state index < -0.39 is 5.91 Å². The summed E-state index contributed by atoms with van der Waals surface area (Å²) in [5.41, 5.74) is 9.67. The van der Waals surface area contributed by atoms with Crippen molar-refractivity contribution < 1.29 is 9.59 Å². The third-order valence-electron chi connectivity index (χ3n) is 7.84. The van der Waals surface area contributed by atoms with Crippen molar-refractivity contribution in [2.45, 2.75) is 45.2 Å². The van der Waals surface area contributed by atoms with Crippen molar-refractivity contribution in [2.24, 2.45) is 17.6 Å². The molecule has 176 valence electrons. The first-order valence-corrected chi connectivity index (χ1v) is 12.1. The number of nitrogens with zero attached hydrogens (tertiary/aromatic N) is 5. The van der Waals surface area contributed by atoms with Crippen molar-refractivity contribution in [1.29, 1.82) is 0 Å². The third kappa shape index (κ3) is 4.36. The number of carbonyl (C=O) groups excluding carboxylic acids is 2. The van der Waals surface area contributed by atoms with E-state index in [4.69, 9.17) is 5.73 Å². The van der Waals surface area contributed by atoms with Crippen molar-refractivity contribution >= 4 is 17.6 Å². The Morgan fingerprint density at radius 3 is 2.48 bits per heavy atom. The molecule has 2 N–H and O–H groups in total. The third-order valence-corrected chi connectivity index (χ3v) is 7.84. The van der Waals surface area contributed by atoms with Crippen LogP contribution in [0.3, 0.4) is 0 Å². The van der Waals surface area contributed by atoms with Crippen LogP contribution in [0.15, 0.2) is 30.6 Å². The summed E-state index contributed by atoms with van der Waals surface area (Å²) in [5.74, 6) is 0.468. The van der Waals surface area contributed by atoms with E-state index in [0.717, 1.165) is 32.5 Å². The lowest BCUT2D eigenvalue weighted by atomic mass is 10.0. The molecule has 33 heavy (non-hydrogen) atoms. The van der Waals surface area contributed by atoms with Crippen LogP contribution in [-0.2, 0) is 6.54 Å². The van der Waals surface area contributed by atoms with Crippen LogP contribution in [0.4, 0.5) is 10.5 Å². The van der Waals surface area contributed by atoms with E-state index in [1.165, 1.54) is 59.8 Å². The van der Waals surface area contributed by atoms with Gasteiger partial charge >= 0.3 is 6.03 Å². The lowest BCUT2D eigenvalue weighted by Crippen LogP contribution is -2.36. The molecule has 0 radical (unpaired) electrons. The topological polar surface area (TPSA) is 87.7 Å². The molecule has 1 aromatic heterocycles. The van der Waals surface area contributed by atoms with Crippen LogP contribution in [-0.4, -0.2) is 70.8 Å². The molecule has 8 heteroatoms. The second kappa shape index (κ2) is 8.82. The smallest absolute Gasteiger partial charge is 0.344 e. The number of nitrogens with two attached hydrogens (primary N) is 1. The molecule has 5 rings (SSSR count). The average Bonchev–Trinajstić information content (AvgIpc) is 3.57. The molecule has 2 saturated heterocycles. The highest BCUT2D eigenvalue weighted by atomic mass is 16.2. The Morgan fingerprint density at radius 2 is 1.85 bits per heavy atom. The molecule has 2 aromatic rings. The number of primary amides is 1. The summed E-state index contributed by atoms with van der Waals surface area (Å²) in [5, 5.41) is 4.02. The van der Waals surface area contributed by atoms with Gasteiger partial charge in [0.1, 0.15) is 0 Å². The highest BCUT2D eigenvalue weighted by molar-refractivity contribution is 5.93. The van der Waals surface area contributed by atoms with Crippen molar-refractivity contribution in [3.8, 4) is 0 Å². The number of hydrogen-bond donors (Lipinski definition) is 1.